The molecule has 0 heterocycles. The highest BCUT2D eigenvalue weighted by Crippen LogP contribution is 2.21. The first-order valence-electron chi connectivity index (χ1n) is 6.45. The number of esters is 1. The van der Waals surface area contributed by atoms with Gasteiger partial charge in [-0.2, -0.15) is 5.26 Å². The van der Waals surface area contributed by atoms with Crippen LogP contribution in [0.25, 0.3) is 0 Å². The zero-order chi connectivity index (χ0) is 15.7. The summed E-state index contributed by atoms with van der Waals surface area (Å²) in [6.07, 6.45) is 1.96. The second kappa shape index (κ2) is 9.01. The molecular weight excluding hydrogens is 290 g/mol. The molecule has 1 rings (SSSR count). The van der Waals surface area contributed by atoms with Crippen molar-refractivity contribution in [2.45, 2.75) is 12.5 Å². The lowest BCUT2D eigenvalue weighted by Crippen LogP contribution is -2.35. The molecule has 0 amide bonds. The van der Waals surface area contributed by atoms with Gasteiger partial charge in [-0.05, 0) is 18.2 Å². The van der Waals surface area contributed by atoms with Crippen LogP contribution >= 0.6 is 11.6 Å². The Morgan fingerprint density at radius 3 is 2.95 bits per heavy atom. The Kier molecular flexibility index (Phi) is 7.30. The average Bonchev–Trinajstić information content (AvgIpc) is 2.47. The third kappa shape index (κ3) is 5.86. The van der Waals surface area contributed by atoms with E-state index in [0.717, 1.165) is 5.69 Å². The smallest absolute Gasteiger partial charge is 0.307 e. The van der Waals surface area contributed by atoms with E-state index < -0.39 is 0 Å². The van der Waals surface area contributed by atoms with Gasteiger partial charge in [0.15, 0.2) is 0 Å². The maximum Gasteiger partial charge on any atom is 0.307 e. The van der Waals surface area contributed by atoms with Crippen LogP contribution in [0.1, 0.15) is 12.0 Å². The molecule has 0 saturated heterocycles. The third-order valence-corrected chi connectivity index (χ3v) is 3.09. The van der Waals surface area contributed by atoms with E-state index in [-0.39, 0.29) is 18.4 Å². The van der Waals surface area contributed by atoms with E-state index in [1.807, 2.05) is 6.07 Å². The fourth-order valence-corrected chi connectivity index (χ4v) is 1.97. The molecule has 0 fully saturated rings. The van der Waals surface area contributed by atoms with Crippen molar-refractivity contribution in [2.24, 2.45) is 0 Å². The van der Waals surface area contributed by atoms with Gasteiger partial charge < -0.3 is 15.4 Å². The quantitative estimate of drug-likeness (QED) is 0.438. The van der Waals surface area contributed by atoms with Gasteiger partial charge in [-0.25, -0.2) is 0 Å². The van der Waals surface area contributed by atoms with Crippen molar-refractivity contribution in [1.82, 2.24) is 5.32 Å². The van der Waals surface area contributed by atoms with Crippen LogP contribution in [-0.2, 0) is 9.53 Å². The number of nitriles is 1. The van der Waals surface area contributed by atoms with Gasteiger partial charge in [-0.3, -0.25) is 4.79 Å². The number of nitrogens with one attached hydrogen (secondary N) is 2. The van der Waals surface area contributed by atoms with Gasteiger partial charge >= 0.3 is 5.97 Å². The first-order valence-corrected chi connectivity index (χ1v) is 6.83. The van der Waals surface area contributed by atoms with Gasteiger partial charge in [-0.15, -0.1) is 6.58 Å². The van der Waals surface area contributed by atoms with Crippen molar-refractivity contribution >= 4 is 23.3 Å². The predicted molar refractivity (Wildman–Crippen MR) is 83.3 cm³/mol. The molecule has 0 saturated carbocycles. The lowest BCUT2D eigenvalue weighted by Gasteiger charge is -2.19. The molecule has 0 aliphatic rings. The number of rotatable bonds is 8. The highest BCUT2D eigenvalue weighted by molar-refractivity contribution is 6.32. The zero-order valence-corrected chi connectivity index (χ0v) is 12.6. The number of hydrogen-bond acceptors (Lipinski definition) is 5. The first-order chi connectivity index (χ1) is 10.1. The van der Waals surface area contributed by atoms with E-state index >= 15 is 0 Å². The summed E-state index contributed by atoms with van der Waals surface area (Å²) in [5.74, 6) is -0.298. The number of hydrogen-bond donors (Lipinski definition) is 2. The highest BCUT2D eigenvalue weighted by atomic mass is 35.5. The van der Waals surface area contributed by atoms with Crippen molar-refractivity contribution < 1.29 is 9.53 Å². The van der Waals surface area contributed by atoms with Crippen LogP contribution in [0.5, 0.6) is 0 Å². The van der Waals surface area contributed by atoms with E-state index in [1.54, 1.807) is 24.3 Å². The normalized spacial score (nSPS) is 11.3. The Labute approximate surface area is 129 Å². The van der Waals surface area contributed by atoms with Crippen molar-refractivity contribution in [1.29, 1.82) is 5.26 Å². The van der Waals surface area contributed by atoms with Gasteiger partial charge in [0, 0.05) is 24.8 Å². The van der Waals surface area contributed by atoms with Crippen LogP contribution in [0.4, 0.5) is 5.69 Å². The second-order valence-electron chi connectivity index (χ2n) is 4.37. The minimum atomic E-state index is -0.298. The molecule has 1 aromatic rings. The summed E-state index contributed by atoms with van der Waals surface area (Å²) in [5, 5.41) is 15.6. The Morgan fingerprint density at radius 1 is 1.62 bits per heavy atom. The largest absolute Gasteiger partial charge is 0.469 e. The Hall–Kier alpha value is -2.03. The van der Waals surface area contributed by atoms with Crippen molar-refractivity contribution in [3.63, 3.8) is 0 Å². The number of benzene rings is 1. The molecule has 0 aromatic heterocycles. The Balaban J connectivity index is 2.74. The number of carbonyl (C=O) groups excluding carboxylic acids is 1. The van der Waals surface area contributed by atoms with Gasteiger partial charge in [0.1, 0.15) is 6.07 Å². The molecule has 2 N–H and O–H groups in total. The SMILES string of the molecule is C=CCNC[C@H](CC(=O)OC)Nc1ccc(C#N)c(Cl)c1. The summed E-state index contributed by atoms with van der Waals surface area (Å²) in [5.41, 5.74) is 1.16. The van der Waals surface area contributed by atoms with Gasteiger partial charge in [0.2, 0.25) is 0 Å². The number of halogens is 1. The minimum Gasteiger partial charge on any atom is -0.469 e. The van der Waals surface area contributed by atoms with Crippen molar-refractivity contribution in [3.05, 3.63) is 41.4 Å². The van der Waals surface area contributed by atoms with Crippen molar-refractivity contribution in [3.8, 4) is 6.07 Å². The van der Waals surface area contributed by atoms with Crippen LogP contribution in [0.15, 0.2) is 30.9 Å². The number of carbonyl (C=O) groups is 1. The van der Waals surface area contributed by atoms with E-state index in [9.17, 15) is 4.79 Å². The van der Waals surface area contributed by atoms with Crippen LogP contribution in [-0.4, -0.2) is 32.2 Å². The number of ether oxygens (including phenoxy) is 1. The van der Waals surface area contributed by atoms with E-state index in [2.05, 4.69) is 21.9 Å². The summed E-state index contributed by atoms with van der Waals surface area (Å²) >= 11 is 5.99. The van der Waals surface area contributed by atoms with Crippen LogP contribution in [0.3, 0.4) is 0 Å². The summed E-state index contributed by atoms with van der Waals surface area (Å²) in [4.78, 5) is 11.4. The molecule has 0 radical (unpaired) electrons. The molecule has 1 aromatic carbocycles. The highest BCUT2D eigenvalue weighted by Gasteiger charge is 2.14. The lowest BCUT2D eigenvalue weighted by molar-refractivity contribution is -0.140. The van der Waals surface area contributed by atoms with Gasteiger partial charge in [0.25, 0.3) is 0 Å². The van der Waals surface area contributed by atoms with Crippen LogP contribution < -0.4 is 10.6 Å². The summed E-state index contributed by atoms with van der Waals surface area (Å²) in [6, 6.07) is 6.90. The molecule has 6 heteroatoms. The van der Waals surface area contributed by atoms with E-state index in [4.69, 9.17) is 16.9 Å². The predicted octanol–water partition coefficient (Wildman–Crippen LogP) is 2.33. The molecule has 112 valence electrons. The Bertz CT molecular complexity index is 540. The van der Waals surface area contributed by atoms with E-state index in [0.29, 0.717) is 23.7 Å². The molecule has 21 heavy (non-hydrogen) atoms. The monoisotopic (exact) mass is 307 g/mol. The first kappa shape index (κ1) is 17.0. The molecular formula is C15H18ClN3O2. The standard InChI is InChI=1S/C15H18ClN3O2/c1-3-6-18-10-13(8-15(20)21-2)19-12-5-4-11(9-17)14(16)7-12/h3-5,7,13,18-19H,1,6,8,10H2,2H3/t13-/m0/s1. The Morgan fingerprint density at radius 2 is 2.38 bits per heavy atom. The summed E-state index contributed by atoms with van der Waals surface area (Å²) in [6.45, 7) is 4.84. The molecule has 1 atom stereocenters. The molecule has 0 bridgehead atoms. The summed E-state index contributed by atoms with van der Waals surface area (Å²) in [7, 11) is 1.36. The molecule has 0 unspecified atom stereocenters. The maximum absolute atomic E-state index is 11.4. The second-order valence-corrected chi connectivity index (χ2v) is 4.78. The topological polar surface area (TPSA) is 74.2 Å². The molecule has 0 aliphatic heterocycles. The fraction of sp³-hybridized carbons (Fsp3) is 0.333. The minimum absolute atomic E-state index is 0.151. The maximum atomic E-state index is 11.4. The zero-order valence-electron chi connectivity index (χ0n) is 11.9. The van der Waals surface area contributed by atoms with Gasteiger partial charge in [-0.1, -0.05) is 17.7 Å². The summed E-state index contributed by atoms with van der Waals surface area (Å²) < 4.78 is 4.69. The number of methoxy groups -OCH3 is 1. The van der Waals surface area contributed by atoms with E-state index in [1.165, 1.54) is 7.11 Å². The average molecular weight is 308 g/mol. The van der Waals surface area contributed by atoms with Gasteiger partial charge in [0.05, 0.1) is 24.1 Å². The van der Waals surface area contributed by atoms with Crippen LogP contribution in [0, 0.1) is 11.3 Å². The number of nitrogens with zero attached hydrogens (tertiary/aromatic N) is 1. The fourth-order valence-electron chi connectivity index (χ4n) is 1.75. The molecule has 0 spiro atoms. The van der Waals surface area contributed by atoms with Crippen LogP contribution in [0.2, 0.25) is 5.02 Å². The molecule has 0 aliphatic carbocycles. The molecule has 5 nitrogen and oxygen atoms in total. The van der Waals surface area contributed by atoms with Crippen molar-refractivity contribution in [2.75, 3.05) is 25.5 Å². The number of anilines is 1. The lowest BCUT2D eigenvalue weighted by atomic mass is 10.1. The third-order valence-electron chi connectivity index (χ3n) is 2.78.